The average Bonchev–Trinajstić information content (AvgIpc) is 2.70. The van der Waals surface area contributed by atoms with E-state index in [0.717, 1.165) is 19.3 Å². The fraction of sp³-hybridized carbons (Fsp3) is 0.913. The summed E-state index contributed by atoms with van der Waals surface area (Å²) in [5.41, 5.74) is 5.61. The van der Waals surface area contributed by atoms with Gasteiger partial charge >= 0.3 is 0 Å². The highest BCUT2D eigenvalue weighted by atomic mass is 31.2. The van der Waals surface area contributed by atoms with E-state index in [4.69, 9.17) is 19.9 Å². The normalized spacial score (nSPS) is 17.4. The minimum Gasteiger partial charge on any atom is -0.756 e. The molecule has 0 amide bonds. The monoisotopic (exact) mass is 480 g/mol. The van der Waals surface area contributed by atoms with Crippen molar-refractivity contribution in [3.05, 3.63) is 12.2 Å². The van der Waals surface area contributed by atoms with E-state index in [2.05, 4.69) is 6.92 Å². The van der Waals surface area contributed by atoms with Crippen LogP contribution in [0.15, 0.2) is 12.2 Å². The van der Waals surface area contributed by atoms with E-state index in [1.807, 2.05) is 21.1 Å². The van der Waals surface area contributed by atoms with Gasteiger partial charge in [0.25, 0.3) is 7.82 Å². The third-order valence-electron chi connectivity index (χ3n) is 5.29. The Balaban J connectivity index is 4.52. The first kappa shape index (κ1) is 31.7. The minimum atomic E-state index is -4.48. The predicted octanol–water partition coefficient (Wildman–Crippen LogP) is 3.11. The molecule has 0 spiro atoms. The zero-order valence-corrected chi connectivity index (χ0v) is 21.7. The molecule has 8 nitrogen and oxygen atoms in total. The van der Waals surface area contributed by atoms with Gasteiger partial charge in [0.1, 0.15) is 13.2 Å². The average molecular weight is 481 g/mol. The standard InChI is InChI=1S/C23H49N2O6P/c1-5-6-7-8-9-10-11-12-13-14-15-21(16-17-23(27)22(24)20-26)31-32(28,29)30-19-18-25(2,3)4/h16-17,21-23,26-27H,5-15,18-20,24H2,1-4H3/b17-16+/t21?,22-,23+/m0/s1. The molecule has 32 heavy (non-hydrogen) atoms. The molecule has 0 fully saturated rings. The van der Waals surface area contributed by atoms with Crippen molar-refractivity contribution in [3.63, 3.8) is 0 Å². The Labute approximate surface area is 196 Å². The first-order chi connectivity index (χ1) is 15.0. The fourth-order valence-electron chi connectivity index (χ4n) is 3.13. The molecule has 0 saturated carbocycles. The Kier molecular flexibility index (Phi) is 17.9. The number of hydrogen-bond donors (Lipinski definition) is 3. The Hall–Kier alpha value is -0.310. The second-order valence-electron chi connectivity index (χ2n) is 9.63. The lowest BCUT2D eigenvalue weighted by Gasteiger charge is -2.29. The molecule has 0 aliphatic rings. The number of phosphoric acid groups is 1. The van der Waals surface area contributed by atoms with E-state index in [-0.39, 0.29) is 13.2 Å². The van der Waals surface area contributed by atoms with E-state index in [1.54, 1.807) is 0 Å². The topological polar surface area (TPSA) is 125 Å². The number of likely N-dealkylation sites (N-methyl/N-ethyl adjacent to an activating group) is 1. The molecule has 4 atom stereocenters. The third kappa shape index (κ3) is 19.2. The van der Waals surface area contributed by atoms with Crippen LogP contribution in [0.1, 0.15) is 77.6 Å². The zero-order chi connectivity index (χ0) is 24.5. The van der Waals surface area contributed by atoms with Crippen LogP contribution in [0.5, 0.6) is 0 Å². The number of unbranched alkanes of at least 4 members (excludes halogenated alkanes) is 9. The lowest BCUT2D eigenvalue weighted by atomic mass is 10.0. The summed E-state index contributed by atoms with van der Waals surface area (Å²) in [6.07, 6.45) is 13.4. The van der Waals surface area contributed by atoms with Gasteiger partial charge in [-0.3, -0.25) is 4.57 Å². The van der Waals surface area contributed by atoms with Crippen molar-refractivity contribution in [1.29, 1.82) is 0 Å². The van der Waals surface area contributed by atoms with E-state index < -0.39 is 26.1 Å². The van der Waals surface area contributed by atoms with Gasteiger partial charge in [-0.05, 0) is 6.42 Å². The molecule has 192 valence electrons. The molecule has 0 aromatic heterocycles. The Morgan fingerprint density at radius 3 is 2.03 bits per heavy atom. The summed E-state index contributed by atoms with van der Waals surface area (Å²) in [5.74, 6) is 0. The third-order valence-corrected chi connectivity index (χ3v) is 6.32. The molecule has 0 bridgehead atoms. The van der Waals surface area contributed by atoms with Gasteiger partial charge in [-0.25, -0.2) is 0 Å². The van der Waals surface area contributed by atoms with Gasteiger partial charge in [0.15, 0.2) is 0 Å². The van der Waals surface area contributed by atoms with Crippen LogP contribution in [0.4, 0.5) is 0 Å². The summed E-state index contributed by atoms with van der Waals surface area (Å²) in [6.45, 7) is 2.41. The van der Waals surface area contributed by atoms with Crippen LogP contribution in [0.3, 0.4) is 0 Å². The van der Waals surface area contributed by atoms with Crippen molar-refractivity contribution in [3.8, 4) is 0 Å². The maximum atomic E-state index is 12.3. The lowest BCUT2D eigenvalue weighted by molar-refractivity contribution is -0.870. The summed E-state index contributed by atoms with van der Waals surface area (Å²) >= 11 is 0. The maximum absolute atomic E-state index is 12.3. The van der Waals surface area contributed by atoms with Crippen LogP contribution < -0.4 is 10.6 Å². The number of aliphatic hydroxyl groups excluding tert-OH is 2. The molecule has 0 aromatic carbocycles. The van der Waals surface area contributed by atoms with Crippen molar-refractivity contribution < 1.29 is 33.2 Å². The maximum Gasteiger partial charge on any atom is 0.268 e. The molecule has 2 unspecified atom stereocenters. The molecule has 0 saturated heterocycles. The van der Waals surface area contributed by atoms with Crippen LogP contribution in [0.25, 0.3) is 0 Å². The van der Waals surface area contributed by atoms with Crippen LogP contribution in [-0.4, -0.2) is 73.8 Å². The van der Waals surface area contributed by atoms with Gasteiger partial charge < -0.3 is 34.4 Å². The van der Waals surface area contributed by atoms with Crippen molar-refractivity contribution in [1.82, 2.24) is 0 Å². The van der Waals surface area contributed by atoms with Crippen molar-refractivity contribution in [2.45, 2.75) is 95.8 Å². The molecule has 0 aliphatic carbocycles. The van der Waals surface area contributed by atoms with Gasteiger partial charge in [-0.15, -0.1) is 0 Å². The molecule has 0 radical (unpaired) electrons. The molecule has 0 heterocycles. The minimum absolute atomic E-state index is 0.0387. The zero-order valence-electron chi connectivity index (χ0n) is 20.8. The second kappa shape index (κ2) is 18.1. The van der Waals surface area contributed by atoms with E-state index in [1.165, 1.54) is 57.1 Å². The molecular formula is C23H49N2O6P. The number of nitrogens with zero attached hydrogens (tertiary/aromatic N) is 1. The van der Waals surface area contributed by atoms with Crippen molar-refractivity contribution in [2.24, 2.45) is 5.73 Å². The smallest absolute Gasteiger partial charge is 0.268 e. The lowest BCUT2D eigenvalue weighted by Crippen LogP contribution is -2.37. The first-order valence-corrected chi connectivity index (χ1v) is 13.6. The number of hydrogen-bond acceptors (Lipinski definition) is 7. The number of nitrogens with two attached hydrogens (primary N) is 1. The fourth-order valence-corrected chi connectivity index (χ4v) is 4.00. The van der Waals surface area contributed by atoms with E-state index in [0.29, 0.717) is 17.4 Å². The van der Waals surface area contributed by atoms with Crippen molar-refractivity contribution >= 4 is 7.82 Å². The quantitative estimate of drug-likeness (QED) is 0.0997. The SMILES string of the molecule is CCCCCCCCCCCCC(/C=C/[C@@H](O)[C@@H](N)CO)OP(=O)([O-])OCC[N+](C)(C)C. The summed E-state index contributed by atoms with van der Waals surface area (Å²) in [5, 5.41) is 19.0. The highest BCUT2D eigenvalue weighted by molar-refractivity contribution is 7.45. The van der Waals surface area contributed by atoms with Crippen LogP contribution in [0.2, 0.25) is 0 Å². The highest BCUT2D eigenvalue weighted by Gasteiger charge is 2.19. The van der Waals surface area contributed by atoms with Gasteiger partial charge in [0.05, 0.1) is 46.0 Å². The number of aliphatic hydroxyl groups is 2. The number of rotatable bonds is 21. The van der Waals surface area contributed by atoms with E-state index >= 15 is 0 Å². The van der Waals surface area contributed by atoms with E-state index in [9.17, 15) is 14.6 Å². The summed E-state index contributed by atoms with van der Waals surface area (Å²) in [6, 6.07) is -0.830. The summed E-state index contributed by atoms with van der Waals surface area (Å²) in [7, 11) is 1.36. The highest BCUT2D eigenvalue weighted by Crippen LogP contribution is 2.41. The van der Waals surface area contributed by atoms with Gasteiger partial charge in [-0.2, -0.15) is 0 Å². The second-order valence-corrected chi connectivity index (χ2v) is 11.0. The summed E-state index contributed by atoms with van der Waals surface area (Å²) in [4.78, 5) is 12.3. The Morgan fingerprint density at radius 1 is 1.00 bits per heavy atom. The van der Waals surface area contributed by atoms with Crippen LogP contribution in [0, 0.1) is 0 Å². The molecule has 0 aliphatic heterocycles. The first-order valence-electron chi connectivity index (χ1n) is 12.2. The molecule has 4 N–H and O–H groups in total. The Bertz CT molecular complexity index is 527. The van der Waals surface area contributed by atoms with Gasteiger partial charge in [0, 0.05) is 0 Å². The Morgan fingerprint density at radius 2 is 1.53 bits per heavy atom. The molecule has 9 heteroatoms. The predicted molar refractivity (Wildman–Crippen MR) is 128 cm³/mol. The van der Waals surface area contributed by atoms with Crippen LogP contribution >= 0.6 is 7.82 Å². The number of phosphoric ester groups is 1. The molecule has 0 aromatic rings. The molecular weight excluding hydrogens is 431 g/mol. The number of quaternary nitrogens is 1. The summed E-state index contributed by atoms with van der Waals surface area (Å²) < 4.78 is 23.1. The van der Waals surface area contributed by atoms with Gasteiger partial charge in [-0.1, -0.05) is 83.3 Å². The largest absolute Gasteiger partial charge is 0.756 e. The van der Waals surface area contributed by atoms with Crippen molar-refractivity contribution in [2.75, 3.05) is 40.9 Å². The van der Waals surface area contributed by atoms with Crippen LogP contribution in [-0.2, 0) is 13.6 Å². The molecule has 0 rings (SSSR count). The van der Waals surface area contributed by atoms with Gasteiger partial charge in [0.2, 0.25) is 0 Å².